The van der Waals surface area contributed by atoms with Crippen molar-refractivity contribution in [1.29, 1.82) is 0 Å². The highest BCUT2D eigenvalue weighted by atomic mass is 16.7. The molecule has 1 amide bonds. The van der Waals surface area contributed by atoms with Crippen molar-refractivity contribution in [3.63, 3.8) is 0 Å². The van der Waals surface area contributed by atoms with Gasteiger partial charge in [0.05, 0.1) is 11.5 Å². The zero-order chi connectivity index (χ0) is 21.5. The highest BCUT2D eigenvalue weighted by Crippen LogP contribution is 2.30. The molecular formula is C21H22BNO7. The van der Waals surface area contributed by atoms with Crippen LogP contribution in [0.2, 0.25) is 0 Å². The lowest BCUT2D eigenvalue weighted by Gasteiger charge is -2.29. The summed E-state index contributed by atoms with van der Waals surface area (Å²) in [6.07, 6.45) is 1.34. The average Bonchev–Trinajstić information content (AvgIpc) is 2.74. The second kappa shape index (κ2) is 9.93. The maximum Gasteiger partial charge on any atom is 0.547 e. The SMILES string of the molecule is CCCC(=O)N[C@H]1Cc2cccc(C(=O)OCOC(=O)c3ccccc3)c2OB1O. The molecule has 0 unspecified atom stereocenters. The fourth-order valence-electron chi connectivity index (χ4n) is 3.09. The van der Waals surface area contributed by atoms with Crippen molar-refractivity contribution in [3.05, 3.63) is 65.2 Å². The van der Waals surface area contributed by atoms with Crippen molar-refractivity contribution in [1.82, 2.24) is 5.32 Å². The van der Waals surface area contributed by atoms with E-state index in [4.69, 9.17) is 14.1 Å². The Morgan fingerprint density at radius 2 is 1.83 bits per heavy atom. The third-order valence-electron chi connectivity index (χ3n) is 4.55. The molecule has 1 aliphatic heterocycles. The first-order valence-electron chi connectivity index (χ1n) is 9.65. The molecule has 9 heteroatoms. The van der Waals surface area contributed by atoms with Crippen LogP contribution in [0.15, 0.2) is 48.5 Å². The summed E-state index contributed by atoms with van der Waals surface area (Å²) < 4.78 is 15.5. The van der Waals surface area contributed by atoms with E-state index in [0.717, 1.165) is 0 Å². The van der Waals surface area contributed by atoms with Gasteiger partial charge in [-0.2, -0.15) is 0 Å². The lowest BCUT2D eigenvalue weighted by molar-refractivity contribution is -0.121. The monoisotopic (exact) mass is 411 g/mol. The summed E-state index contributed by atoms with van der Waals surface area (Å²) in [5.74, 6) is -1.98. The molecule has 8 nitrogen and oxygen atoms in total. The largest absolute Gasteiger partial charge is 0.547 e. The number of nitrogens with one attached hydrogen (secondary N) is 1. The van der Waals surface area contributed by atoms with Crippen LogP contribution in [0.1, 0.15) is 46.0 Å². The minimum Gasteiger partial charge on any atom is -0.534 e. The molecular weight excluding hydrogens is 389 g/mol. The molecule has 0 spiro atoms. The molecule has 0 bridgehead atoms. The predicted molar refractivity (Wildman–Crippen MR) is 108 cm³/mol. The van der Waals surface area contributed by atoms with Gasteiger partial charge in [-0.25, -0.2) is 9.59 Å². The minimum absolute atomic E-state index is 0.0978. The molecule has 156 valence electrons. The van der Waals surface area contributed by atoms with Gasteiger partial charge in [-0.15, -0.1) is 0 Å². The van der Waals surface area contributed by atoms with Crippen molar-refractivity contribution in [3.8, 4) is 5.75 Å². The fraction of sp³-hybridized carbons (Fsp3) is 0.286. The van der Waals surface area contributed by atoms with Crippen molar-refractivity contribution in [2.45, 2.75) is 32.1 Å². The Labute approximate surface area is 174 Å². The predicted octanol–water partition coefficient (Wildman–Crippen LogP) is 1.90. The Hall–Kier alpha value is -3.33. The Bertz CT molecular complexity index is 919. The van der Waals surface area contributed by atoms with Crippen LogP contribution >= 0.6 is 0 Å². The van der Waals surface area contributed by atoms with E-state index in [1.807, 2.05) is 6.92 Å². The summed E-state index contributed by atoms with van der Waals surface area (Å²) in [6, 6.07) is 13.2. The molecule has 1 atom stereocenters. The molecule has 0 saturated heterocycles. The van der Waals surface area contributed by atoms with Gasteiger partial charge in [0, 0.05) is 6.42 Å². The van der Waals surface area contributed by atoms with Crippen LogP contribution < -0.4 is 9.97 Å². The van der Waals surface area contributed by atoms with Gasteiger partial charge >= 0.3 is 19.1 Å². The molecule has 0 saturated carbocycles. The minimum atomic E-state index is -1.30. The molecule has 0 radical (unpaired) electrons. The molecule has 2 N–H and O–H groups in total. The Kier molecular flexibility index (Phi) is 7.08. The second-order valence-electron chi connectivity index (χ2n) is 6.78. The Morgan fingerprint density at radius 1 is 1.10 bits per heavy atom. The number of amides is 1. The molecule has 0 fully saturated rings. The quantitative estimate of drug-likeness (QED) is 0.407. The van der Waals surface area contributed by atoms with E-state index in [-0.39, 0.29) is 17.2 Å². The van der Waals surface area contributed by atoms with E-state index < -0.39 is 31.8 Å². The van der Waals surface area contributed by atoms with Crippen LogP contribution in [0.25, 0.3) is 0 Å². The van der Waals surface area contributed by atoms with Gasteiger partial charge in [-0.3, -0.25) is 4.79 Å². The topological polar surface area (TPSA) is 111 Å². The molecule has 1 aliphatic rings. The lowest BCUT2D eigenvalue weighted by Crippen LogP contribution is -2.53. The standard InChI is InChI=1S/C21H22BNO7/c1-2-7-18(24)23-17-12-15-10-6-11-16(19(15)30-22(17)27)21(26)29-13-28-20(25)14-8-4-3-5-9-14/h3-6,8-11,17,27H,2,7,12-13H2,1H3,(H,23,24)/t17-/m0/s1. The summed E-state index contributed by atoms with van der Waals surface area (Å²) in [5, 5.41) is 13.0. The number of benzene rings is 2. The molecule has 1 heterocycles. The van der Waals surface area contributed by atoms with Crippen LogP contribution in [-0.4, -0.2) is 42.7 Å². The smallest absolute Gasteiger partial charge is 0.534 e. The molecule has 0 aliphatic carbocycles. The van der Waals surface area contributed by atoms with Gasteiger partial charge < -0.3 is 24.5 Å². The summed E-state index contributed by atoms with van der Waals surface area (Å²) in [7, 11) is -1.30. The number of fused-ring (bicyclic) bond motifs is 1. The van der Waals surface area contributed by atoms with E-state index in [0.29, 0.717) is 30.4 Å². The maximum absolute atomic E-state index is 12.4. The summed E-state index contributed by atoms with van der Waals surface area (Å²) in [4.78, 5) is 36.2. The van der Waals surface area contributed by atoms with Crippen molar-refractivity contribution in [2.75, 3.05) is 6.79 Å². The van der Waals surface area contributed by atoms with Crippen LogP contribution in [0.3, 0.4) is 0 Å². The highest BCUT2D eigenvalue weighted by molar-refractivity contribution is 6.47. The number of carbonyl (C=O) groups excluding carboxylic acids is 3. The van der Waals surface area contributed by atoms with E-state index in [1.165, 1.54) is 6.07 Å². The van der Waals surface area contributed by atoms with Gasteiger partial charge in [0.25, 0.3) is 0 Å². The van der Waals surface area contributed by atoms with Gasteiger partial charge in [0.15, 0.2) is 0 Å². The molecule has 2 aromatic rings. The zero-order valence-corrected chi connectivity index (χ0v) is 16.5. The fourth-order valence-corrected chi connectivity index (χ4v) is 3.09. The van der Waals surface area contributed by atoms with E-state index in [1.54, 1.807) is 42.5 Å². The number of hydrogen-bond acceptors (Lipinski definition) is 7. The zero-order valence-electron chi connectivity index (χ0n) is 16.5. The number of ether oxygens (including phenoxy) is 2. The van der Waals surface area contributed by atoms with Crippen LogP contribution in [0.4, 0.5) is 0 Å². The highest BCUT2D eigenvalue weighted by Gasteiger charge is 2.37. The second-order valence-corrected chi connectivity index (χ2v) is 6.78. The number of rotatable bonds is 7. The third kappa shape index (κ3) is 5.18. The van der Waals surface area contributed by atoms with E-state index >= 15 is 0 Å². The third-order valence-corrected chi connectivity index (χ3v) is 4.55. The first-order chi connectivity index (χ1) is 14.5. The van der Waals surface area contributed by atoms with Gasteiger partial charge in [0.2, 0.25) is 12.7 Å². The van der Waals surface area contributed by atoms with Crippen LogP contribution in [0, 0.1) is 0 Å². The first-order valence-corrected chi connectivity index (χ1v) is 9.65. The molecule has 2 aromatic carbocycles. The summed E-state index contributed by atoms with van der Waals surface area (Å²) >= 11 is 0. The molecule has 30 heavy (non-hydrogen) atoms. The number of hydrogen-bond donors (Lipinski definition) is 2. The van der Waals surface area contributed by atoms with Gasteiger partial charge in [-0.1, -0.05) is 37.3 Å². The number of carbonyl (C=O) groups is 3. The van der Waals surface area contributed by atoms with Crippen LogP contribution in [0.5, 0.6) is 5.75 Å². The van der Waals surface area contributed by atoms with Crippen LogP contribution in [-0.2, 0) is 20.7 Å². The molecule has 3 rings (SSSR count). The number of para-hydroxylation sites is 1. The lowest BCUT2D eigenvalue weighted by atomic mass is 9.72. The normalized spacial score (nSPS) is 14.9. The summed E-state index contributed by atoms with van der Waals surface area (Å²) in [5.41, 5.74) is 1.09. The van der Waals surface area contributed by atoms with Gasteiger partial charge in [0.1, 0.15) is 11.3 Å². The van der Waals surface area contributed by atoms with Gasteiger partial charge in [-0.05, 0) is 36.6 Å². The van der Waals surface area contributed by atoms with E-state index in [2.05, 4.69) is 5.32 Å². The number of esters is 2. The Balaban J connectivity index is 1.62. The Morgan fingerprint density at radius 3 is 2.57 bits per heavy atom. The molecule has 0 aromatic heterocycles. The van der Waals surface area contributed by atoms with Crippen molar-refractivity contribution >= 4 is 25.0 Å². The van der Waals surface area contributed by atoms with Crippen molar-refractivity contribution < 1.29 is 33.5 Å². The van der Waals surface area contributed by atoms with E-state index in [9.17, 15) is 19.4 Å². The summed E-state index contributed by atoms with van der Waals surface area (Å²) in [6.45, 7) is 1.33. The average molecular weight is 411 g/mol. The first kappa shape index (κ1) is 21.4. The maximum atomic E-state index is 12.4. The van der Waals surface area contributed by atoms with Crippen molar-refractivity contribution in [2.24, 2.45) is 0 Å².